The zero-order chi connectivity index (χ0) is 12.1. The summed E-state index contributed by atoms with van der Waals surface area (Å²) in [4.78, 5) is 21.8. The van der Waals surface area contributed by atoms with E-state index in [4.69, 9.17) is 0 Å². The molecule has 0 atom stereocenters. The van der Waals surface area contributed by atoms with Crippen LogP contribution in [0.15, 0.2) is 18.2 Å². The number of carbonyl (C=O) groups excluding carboxylic acids is 1. The molecular formula is C11H12BrNO3. The second-order valence-corrected chi connectivity index (χ2v) is 3.94. The Morgan fingerprint density at radius 2 is 2.19 bits per heavy atom. The summed E-state index contributed by atoms with van der Waals surface area (Å²) in [7, 11) is 0. The van der Waals surface area contributed by atoms with Crippen LogP contribution in [0.1, 0.15) is 18.1 Å². The first-order chi connectivity index (χ1) is 7.60. The van der Waals surface area contributed by atoms with Gasteiger partial charge in [0.2, 0.25) is 0 Å². The Kier molecular flexibility index (Phi) is 4.61. The summed E-state index contributed by atoms with van der Waals surface area (Å²) in [6.07, 6.45) is 0.804. The number of aryl methyl sites for hydroxylation is 1. The number of Topliss-reactive ketones (excluding diaryl/α,β-unsaturated/α-hetero) is 1. The third-order valence-corrected chi connectivity index (χ3v) is 2.97. The van der Waals surface area contributed by atoms with Crippen LogP contribution in [-0.4, -0.2) is 16.0 Å². The van der Waals surface area contributed by atoms with E-state index in [0.717, 1.165) is 5.56 Å². The van der Waals surface area contributed by atoms with Gasteiger partial charge in [0.25, 0.3) is 5.69 Å². The maximum Gasteiger partial charge on any atom is 0.273 e. The van der Waals surface area contributed by atoms with Crippen molar-refractivity contribution in [1.82, 2.24) is 0 Å². The monoisotopic (exact) mass is 285 g/mol. The second-order valence-electron chi connectivity index (χ2n) is 3.37. The van der Waals surface area contributed by atoms with Crippen LogP contribution in [0.2, 0.25) is 0 Å². The van der Waals surface area contributed by atoms with Gasteiger partial charge >= 0.3 is 0 Å². The molecule has 16 heavy (non-hydrogen) atoms. The molecule has 0 saturated heterocycles. The number of rotatable bonds is 5. The van der Waals surface area contributed by atoms with Gasteiger partial charge in [0.15, 0.2) is 0 Å². The summed E-state index contributed by atoms with van der Waals surface area (Å²) in [5.41, 5.74) is 1.44. The summed E-state index contributed by atoms with van der Waals surface area (Å²) < 4.78 is 0. The maximum absolute atomic E-state index is 11.4. The number of hydrogen-bond donors (Lipinski definition) is 0. The topological polar surface area (TPSA) is 60.2 Å². The Morgan fingerprint density at radius 3 is 2.69 bits per heavy atom. The molecule has 0 spiro atoms. The van der Waals surface area contributed by atoms with E-state index in [2.05, 4.69) is 15.9 Å². The highest BCUT2D eigenvalue weighted by molar-refractivity contribution is 9.09. The van der Waals surface area contributed by atoms with Crippen LogP contribution in [-0.2, 0) is 17.6 Å². The molecule has 0 heterocycles. The molecule has 1 rings (SSSR count). The largest absolute Gasteiger partial charge is 0.298 e. The smallest absolute Gasteiger partial charge is 0.273 e. The lowest BCUT2D eigenvalue weighted by atomic mass is 9.99. The fourth-order valence-corrected chi connectivity index (χ4v) is 1.77. The van der Waals surface area contributed by atoms with Gasteiger partial charge in [0.1, 0.15) is 5.78 Å². The molecule has 1 aromatic rings. The quantitative estimate of drug-likeness (QED) is 0.475. The maximum atomic E-state index is 11.4. The molecule has 0 unspecified atom stereocenters. The number of alkyl halides is 1. The lowest BCUT2D eigenvalue weighted by molar-refractivity contribution is -0.385. The van der Waals surface area contributed by atoms with Gasteiger partial charge in [0, 0.05) is 18.1 Å². The Balaban J connectivity index is 3.19. The first-order valence-corrected chi connectivity index (χ1v) is 6.05. The molecule has 0 aromatic heterocycles. The van der Waals surface area contributed by atoms with Gasteiger partial charge < -0.3 is 0 Å². The van der Waals surface area contributed by atoms with E-state index < -0.39 is 4.92 Å². The number of hydrogen-bond acceptors (Lipinski definition) is 3. The molecule has 0 fully saturated rings. The van der Waals surface area contributed by atoms with Gasteiger partial charge in [-0.2, -0.15) is 0 Å². The molecule has 86 valence electrons. The number of ketones is 1. The van der Waals surface area contributed by atoms with E-state index in [1.165, 1.54) is 6.07 Å². The molecule has 0 aliphatic carbocycles. The van der Waals surface area contributed by atoms with Crippen molar-refractivity contribution in [2.75, 3.05) is 5.33 Å². The fourth-order valence-electron chi connectivity index (χ4n) is 1.57. The molecule has 1 aromatic carbocycles. The number of nitrogens with zero attached hydrogens (tertiary/aromatic N) is 1. The van der Waals surface area contributed by atoms with Crippen LogP contribution in [0, 0.1) is 10.1 Å². The molecule has 0 N–H and O–H groups in total. The van der Waals surface area contributed by atoms with E-state index in [0.29, 0.717) is 12.0 Å². The summed E-state index contributed by atoms with van der Waals surface area (Å²) in [6.45, 7) is 1.92. The minimum absolute atomic E-state index is 0.0358. The molecule has 4 nitrogen and oxygen atoms in total. The highest BCUT2D eigenvalue weighted by Crippen LogP contribution is 2.23. The molecule has 0 amide bonds. The van der Waals surface area contributed by atoms with Crippen LogP contribution in [0.5, 0.6) is 0 Å². The number of benzene rings is 1. The van der Waals surface area contributed by atoms with Crippen molar-refractivity contribution >= 4 is 27.4 Å². The van der Waals surface area contributed by atoms with Gasteiger partial charge in [-0.25, -0.2) is 0 Å². The second kappa shape index (κ2) is 5.75. The SMILES string of the molecule is CCc1cccc([N+](=O)[O-])c1CC(=O)CBr. The molecular weight excluding hydrogens is 274 g/mol. The van der Waals surface area contributed by atoms with Crippen LogP contribution in [0.25, 0.3) is 0 Å². The predicted octanol–water partition coefficient (Wildman–Crippen LogP) is 2.66. The van der Waals surface area contributed by atoms with Gasteiger partial charge in [-0.1, -0.05) is 35.0 Å². The molecule has 5 heteroatoms. The Bertz CT molecular complexity index is 418. The molecule has 0 saturated carbocycles. The molecule has 0 bridgehead atoms. The summed E-state index contributed by atoms with van der Waals surface area (Å²) in [6, 6.07) is 4.92. The van der Waals surface area contributed by atoms with Crippen LogP contribution in [0.4, 0.5) is 5.69 Å². The van der Waals surface area contributed by atoms with Crippen molar-refractivity contribution in [2.45, 2.75) is 19.8 Å². The van der Waals surface area contributed by atoms with Gasteiger partial charge in [0.05, 0.1) is 10.3 Å². The van der Waals surface area contributed by atoms with Gasteiger partial charge in [-0.3, -0.25) is 14.9 Å². The molecule has 0 radical (unpaired) electrons. The van der Waals surface area contributed by atoms with Crippen molar-refractivity contribution in [3.8, 4) is 0 Å². The average molecular weight is 286 g/mol. The number of halogens is 1. The zero-order valence-electron chi connectivity index (χ0n) is 8.90. The van der Waals surface area contributed by atoms with Crippen molar-refractivity contribution < 1.29 is 9.72 Å². The fraction of sp³-hybridized carbons (Fsp3) is 0.364. The summed E-state index contributed by atoms with van der Waals surface area (Å²) in [5, 5.41) is 11.1. The normalized spacial score (nSPS) is 10.1. The Morgan fingerprint density at radius 1 is 1.50 bits per heavy atom. The summed E-state index contributed by atoms with van der Waals surface area (Å²) >= 11 is 3.06. The standard InChI is InChI=1S/C11H12BrNO3/c1-2-8-4-3-5-11(13(15)16)10(8)6-9(14)7-12/h3-5H,2,6-7H2,1H3. The number of nitro groups is 1. The predicted molar refractivity (Wildman–Crippen MR) is 65.0 cm³/mol. The lowest BCUT2D eigenvalue weighted by Crippen LogP contribution is -2.08. The number of nitro benzene ring substituents is 1. The third-order valence-electron chi connectivity index (χ3n) is 2.35. The first kappa shape index (κ1) is 12.8. The zero-order valence-corrected chi connectivity index (χ0v) is 10.5. The van der Waals surface area contributed by atoms with Gasteiger partial charge in [-0.05, 0) is 12.0 Å². The van der Waals surface area contributed by atoms with E-state index in [-0.39, 0.29) is 23.2 Å². The van der Waals surface area contributed by atoms with Crippen LogP contribution < -0.4 is 0 Å². The van der Waals surface area contributed by atoms with Crippen LogP contribution in [0.3, 0.4) is 0 Å². The Labute approximate surface area is 102 Å². The highest BCUT2D eigenvalue weighted by Gasteiger charge is 2.18. The van der Waals surface area contributed by atoms with Gasteiger partial charge in [-0.15, -0.1) is 0 Å². The third kappa shape index (κ3) is 2.88. The van der Waals surface area contributed by atoms with Crippen molar-refractivity contribution in [2.24, 2.45) is 0 Å². The van der Waals surface area contributed by atoms with E-state index in [1.807, 2.05) is 13.0 Å². The first-order valence-electron chi connectivity index (χ1n) is 4.93. The van der Waals surface area contributed by atoms with E-state index in [9.17, 15) is 14.9 Å². The van der Waals surface area contributed by atoms with E-state index >= 15 is 0 Å². The van der Waals surface area contributed by atoms with Crippen molar-refractivity contribution in [3.05, 3.63) is 39.4 Å². The number of carbonyl (C=O) groups is 1. The highest BCUT2D eigenvalue weighted by atomic mass is 79.9. The lowest BCUT2D eigenvalue weighted by Gasteiger charge is -2.06. The molecule has 0 aliphatic heterocycles. The molecule has 0 aliphatic rings. The van der Waals surface area contributed by atoms with E-state index in [1.54, 1.807) is 6.07 Å². The average Bonchev–Trinajstić information content (AvgIpc) is 2.28. The minimum Gasteiger partial charge on any atom is -0.298 e. The summed E-state index contributed by atoms with van der Waals surface area (Å²) in [5.74, 6) is -0.0519. The Hall–Kier alpha value is -1.23. The van der Waals surface area contributed by atoms with Crippen molar-refractivity contribution in [3.63, 3.8) is 0 Å². The van der Waals surface area contributed by atoms with Crippen molar-refractivity contribution in [1.29, 1.82) is 0 Å². The minimum atomic E-state index is -0.435. The van der Waals surface area contributed by atoms with Crippen LogP contribution >= 0.6 is 15.9 Å².